The van der Waals surface area contributed by atoms with Gasteiger partial charge in [0.15, 0.2) is 0 Å². The summed E-state index contributed by atoms with van der Waals surface area (Å²) in [6, 6.07) is 9.78. The van der Waals surface area contributed by atoms with E-state index < -0.39 is 15.5 Å². The van der Waals surface area contributed by atoms with Gasteiger partial charge in [-0.05, 0) is 18.2 Å². The van der Waals surface area contributed by atoms with Gasteiger partial charge in [0, 0.05) is 30.3 Å². The van der Waals surface area contributed by atoms with Gasteiger partial charge in [-0.1, -0.05) is 6.07 Å². The Morgan fingerprint density at radius 1 is 1.00 bits per heavy atom. The Balaban J connectivity index is 2.04. The number of hydrogen-bond donors (Lipinski definition) is 2. The number of nitrogens with one attached hydrogen (secondary N) is 2. The lowest BCUT2D eigenvalue weighted by atomic mass is 10.2. The lowest BCUT2D eigenvalue weighted by molar-refractivity contribution is -0.715. The lowest BCUT2D eigenvalue weighted by Gasteiger charge is -2.24. The smallest absolute Gasteiger partial charge is 0.382 e. The molecule has 2 aromatic rings. The molecule has 0 spiro atoms. The molecule has 0 bridgehead atoms. The van der Waals surface area contributed by atoms with Crippen molar-refractivity contribution >= 4 is 16.0 Å². The van der Waals surface area contributed by atoms with Gasteiger partial charge in [0.05, 0.1) is 14.2 Å². The molecule has 25 heavy (non-hydrogen) atoms. The van der Waals surface area contributed by atoms with E-state index >= 15 is 0 Å². The number of hydrogen-bond acceptors (Lipinski definition) is 7. The van der Waals surface area contributed by atoms with Crippen LogP contribution in [0.25, 0.3) is 0 Å². The summed E-state index contributed by atoms with van der Waals surface area (Å²) in [4.78, 5) is 0. The second-order valence-corrected chi connectivity index (χ2v) is 6.21. The maximum Gasteiger partial charge on any atom is 0.382 e. The van der Waals surface area contributed by atoms with E-state index in [1.165, 1.54) is 38.5 Å². The maximum atomic E-state index is 12.0. The molecule has 2 rings (SSSR count). The minimum Gasteiger partial charge on any atom is -0.628 e. The lowest BCUT2D eigenvalue weighted by Crippen LogP contribution is -2.96. The van der Waals surface area contributed by atoms with Crippen molar-refractivity contribution in [2.24, 2.45) is 0 Å². The summed E-state index contributed by atoms with van der Waals surface area (Å²) < 4.78 is 41.4. The predicted octanol–water partition coefficient (Wildman–Crippen LogP) is 0.629. The Kier molecular flexibility index (Phi) is 6.17. The van der Waals surface area contributed by atoms with E-state index in [2.05, 4.69) is 4.72 Å². The first kappa shape index (κ1) is 19.0. The highest BCUT2D eigenvalue weighted by atomic mass is 32.2. The molecule has 0 aliphatic rings. The van der Waals surface area contributed by atoms with Gasteiger partial charge >= 0.3 is 10.3 Å². The normalized spacial score (nSPS) is 11.4. The fourth-order valence-electron chi connectivity index (χ4n) is 1.97. The van der Waals surface area contributed by atoms with Crippen LogP contribution in [0.15, 0.2) is 42.5 Å². The van der Waals surface area contributed by atoms with Crippen molar-refractivity contribution in [1.82, 2.24) is 4.72 Å². The third-order valence-electron chi connectivity index (χ3n) is 3.23. The summed E-state index contributed by atoms with van der Waals surface area (Å²) in [7, 11) is -1.14. The Hall–Kier alpha value is -2.37. The highest BCUT2D eigenvalue weighted by Gasteiger charge is 2.14. The van der Waals surface area contributed by atoms with Crippen LogP contribution >= 0.6 is 0 Å². The molecule has 0 aliphatic carbocycles. The van der Waals surface area contributed by atoms with Gasteiger partial charge in [-0.2, -0.15) is 13.1 Å². The number of ether oxygens (including phenoxy) is 2. The molecular formula is C15H17N2O7S-. The number of quaternary nitrogens is 1. The quantitative estimate of drug-likeness (QED) is 0.654. The largest absolute Gasteiger partial charge is 0.628 e. The van der Waals surface area contributed by atoms with E-state index in [1.54, 1.807) is 18.2 Å². The van der Waals surface area contributed by atoms with E-state index in [1.807, 2.05) is 0 Å². The molecule has 0 radical (unpaired) electrons. The molecule has 136 valence electrons. The van der Waals surface area contributed by atoms with Crippen LogP contribution in [-0.2, 0) is 16.8 Å². The van der Waals surface area contributed by atoms with Gasteiger partial charge in [0.25, 0.3) is 0 Å². The molecule has 0 aliphatic heterocycles. The van der Waals surface area contributed by atoms with Crippen molar-refractivity contribution in [2.75, 3.05) is 14.2 Å². The molecule has 9 nitrogen and oxygen atoms in total. The van der Waals surface area contributed by atoms with Crippen LogP contribution in [0.5, 0.6) is 17.2 Å². The first-order chi connectivity index (χ1) is 11.8. The molecule has 10 heteroatoms. The Morgan fingerprint density at radius 3 is 2.20 bits per heavy atom. The van der Waals surface area contributed by atoms with Crippen molar-refractivity contribution in [3.8, 4) is 17.2 Å². The van der Waals surface area contributed by atoms with Gasteiger partial charge in [-0.3, -0.25) is 0 Å². The van der Waals surface area contributed by atoms with E-state index in [9.17, 15) is 18.8 Å². The number of benzene rings is 2. The molecule has 0 amide bonds. The minimum atomic E-state index is -4.11. The second-order valence-electron chi connectivity index (χ2n) is 4.85. The molecule has 0 saturated carbocycles. The fourth-order valence-corrected chi connectivity index (χ4v) is 2.72. The van der Waals surface area contributed by atoms with Crippen LogP contribution in [-0.4, -0.2) is 22.6 Å². The van der Waals surface area contributed by atoms with Crippen LogP contribution in [0.4, 0.5) is 5.69 Å². The zero-order valence-electron chi connectivity index (χ0n) is 13.5. The van der Waals surface area contributed by atoms with Crippen LogP contribution < -0.4 is 23.6 Å². The summed E-state index contributed by atoms with van der Waals surface area (Å²) >= 11 is 0. The molecular weight excluding hydrogens is 352 g/mol. The molecule has 0 fully saturated rings. The van der Waals surface area contributed by atoms with Crippen molar-refractivity contribution in [2.45, 2.75) is 6.54 Å². The minimum absolute atomic E-state index is 0.0285. The van der Waals surface area contributed by atoms with Crippen molar-refractivity contribution in [3.63, 3.8) is 0 Å². The highest BCUT2D eigenvalue weighted by Crippen LogP contribution is 2.24. The topological polar surface area (TPSA) is 124 Å². The Morgan fingerprint density at radius 2 is 1.64 bits per heavy atom. The highest BCUT2D eigenvalue weighted by molar-refractivity contribution is 7.85. The summed E-state index contributed by atoms with van der Waals surface area (Å²) in [6.45, 7) is -0.0629. The van der Waals surface area contributed by atoms with E-state index in [0.717, 1.165) is 0 Å². The zero-order valence-corrected chi connectivity index (χ0v) is 14.3. The molecule has 2 N–H and O–H groups in total. The Bertz CT molecular complexity index is 807. The third kappa shape index (κ3) is 5.31. The van der Waals surface area contributed by atoms with Gasteiger partial charge in [0.2, 0.25) is 0 Å². The maximum absolute atomic E-state index is 12.0. The fraction of sp³-hybridized carbons (Fsp3) is 0.200. The average molecular weight is 369 g/mol. The van der Waals surface area contributed by atoms with Gasteiger partial charge < -0.3 is 29.3 Å². The molecule has 0 unspecified atom stereocenters. The molecule has 0 atom stereocenters. The van der Waals surface area contributed by atoms with Crippen LogP contribution in [0.1, 0.15) is 5.56 Å². The predicted molar refractivity (Wildman–Crippen MR) is 89.7 cm³/mol. The monoisotopic (exact) mass is 369 g/mol. The summed E-state index contributed by atoms with van der Waals surface area (Å²) in [5, 5.41) is 20.0. The summed E-state index contributed by atoms with van der Waals surface area (Å²) in [6.07, 6.45) is 0. The van der Waals surface area contributed by atoms with Crippen LogP contribution in [0, 0.1) is 10.4 Å². The number of methoxy groups -OCH3 is 2. The average Bonchev–Trinajstić information content (AvgIpc) is 2.60. The molecule has 0 saturated heterocycles. The van der Waals surface area contributed by atoms with Crippen LogP contribution in [0.3, 0.4) is 0 Å². The van der Waals surface area contributed by atoms with Crippen molar-refractivity contribution < 1.29 is 27.3 Å². The Labute approximate surface area is 145 Å². The molecule has 0 heterocycles. The van der Waals surface area contributed by atoms with Gasteiger partial charge in [-0.15, -0.1) is 0 Å². The molecule has 2 aromatic carbocycles. The van der Waals surface area contributed by atoms with Crippen molar-refractivity contribution in [3.05, 3.63) is 58.4 Å². The number of rotatable bonds is 8. The first-order valence-electron chi connectivity index (χ1n) is 7.06. The molecule has 0 aromatic heterocycles. The summed E-state index contributed by atoms with van der Waals surface area (Å²) in [5.74, 6) is 1.01. The first-order valence-corrected chi connectivity index (χ1v) is 8.47. The summed E-state index contributed by atoms with van der Waals surface area (Å²) in [5.41, 5.74) is 0.503. The van der Waals surface area contributed by atoms with Gasteiger partial charge in [-0.25, -0.2) is 0 Å². The van der Waals surface area contributed by atoms with Gasteiger partial charge in [0.1, 0.15) is 22.9 Å². The third-order valence-corrected chi connectivity index (χ3v) is 4.14. The van der Waals surface area contributed by atoms with E-state index in [0.29, 0.717) is 17.1 Å². The zero-order chi connectivity index (χ0) is 18.4. The van der Waals surface area contributed by atoms with E-state index in [4.69, 9.17) is 13.7 Å². The van der Waals surface area contributed by atoms with E-state index in [-0.39, 0.29) is 18.0 Å². The standard InChI is InChI=1S/C15H17N2O7S/c1-22-14-6-3-11(15(9-14)23-2)10-16-25(20,21)24-13-7-4-12(5-8-13)17(18)19/h3-9,16-17H,10H2,1-2H3/q-1. The second kappa shape index (κ2) is 8.14. The van der Waals surface area contributed by atoms with Crippen LogP contribution in [0.2, 0.25) is 0 Å². The SMILES string of the molecule is COc1ccc(CNS(=O)(=O)Oc2ccc([NH+]([O-])[O-])cc2)c(OC)c1. The van der Waals surface area contributed by atoms with Crippen molar-refractivity contribution in [1.29, 1.82) is 0 Å².